The van der Waals surface area contributed by atoms with Gasteiger partial charge in [-0.1, -0.05) is 0 Å². The van der Waals surface area contributed by atoms with Crippen LogP contribution in [0, 0.1) is 0 Å². The van der Waals surface area contributed by atoms with Crippen LogP contribution >= 0.6 is 0 Å². The molecule has 0 bridgehead atoms. The Morgan fingerprint density at radius 1 is 0.909 bits per heavy atom. The van der Waals surface area contributed by atoms with E-state index in [0.717, 1.165) is 0 Å². The molecule has 0 atom stereocenters. The summed E-state index contributed by atoms with van der Waals surface area (Å²) < 4.78 is 0. The van der Waals surface area contributed by atoms with Crippen molar-refractivity contribution in [2.24, 2.45) is 0 Å². The van der Waals surface area contributed by atoms with Gasteiger partial charge in [-0.3, -0.25) is 0 Å². The third-order valence-corrected chi connectivity index (χ3v) is 3.17. The predicted octanol–water partition coefficient (Wildman–Crippen LogP) is 0.0538. The second kappa shape index (κ2) is 4.36. The van der Waals surface area contributed by atoms with Crippen molar-refractivity contribution in [3.63, 3.8) is 0 Å². The SMILES string of the molecule is CN(C)C(=O)[Se]C(=O)N(C)C. The van der Waals surface area contributed by atoms with Crippen LogP contribution in [0.4, 0.5) is 9.59 Å². The van der Waals surface area contributed by atoms with Gasteiger partial charge in [-0.15, -0.1) is 0 Å². The van der Waals surface area contributed by atoms with E-state index in [9.17, 15) is 9.59 Å². The average molecular weight is 223 g/mol. The van der Waals surface area contributed by atoms with E-state index in [-0.39, 0.29) is 9.61 Å². The first-order valence-corrected chi connectivity index (χ1v) is 4.77. The van der Waals surface area contributed by atoms with Crippen LogP contribution in [0.15, 0.2) is 0 Å². The number of carbonyl (C=O) groups excluding carboxylic acids is 2. The summed E-state index contributed by atoms with van der Waals surface area (Å²) in [6.07, 6.45) is 0. The second-order valence-corrected chi connectivity index (χ2v) is 4.32. The van der Waals surface area contributed by atoms with Crippen molar-refractivity contribution in [1.82, 2.24) is 9.80 Å². The molecule has 0 aliphatic carbocycles. The van der Waals surface area contributed by atoms with Crippen molar-refractivity contribution in [3.05, 3.63) is 0 Å². The van der Waals surface area contributed by atoms with Crippen molar-refractivity contribution in [3.8, 4) is 0 Å². The molecule has 0 radical (unpaired) electrons. The molecule has 0 spiro atoms. The van der Waals surface area contributed by atoms with Crippen LogP contribution in [-0.2, 0) is 0 Å². The number of nitrogens with zero attached hydrogens (tertiary/aromatic N) is 2. The minimum absolute atomic E-state index is 0.101. The van der Waals surface area contributed by atoms with Crippen molar-refractivity contribution in [2.45, 2.75) is 0 Å². The molecule has 0 aliphatic heterocycles. The molecular formula is C6H12N2O2Se. The predicted molar refractivity (Wildman–Crippen MR) is 43.9 cm³/mol. The Hall–Kier alpha value is -0.541. The summed E-state index contributed by atoms with van der Waals surface area (Å²) in [5, 5.41) is 0. The van der Waals surface area contributed by atoms with Gasteiger partial charge in [0, 0.05) is 0 Å². The van der Waals surface area contributed by atoms with Gasteiger partial charge in [0.2, 0.25) is 0 Å². The zero-order valence-electron chi connectivity index (χ0n) is 7.12. The summed E-state index contributed by atoms with van der Waals surface area (Å²) in [5.74, 6) is 0. The molecule has 0 aromatic heterocycles. The van der Waals surface area contributed by atoms with Gasteiger partial charge in [0.05, 0.1) is 0 Å². The topological polar surface area (TPSA) is 40.6 Å². The van der Waals surface area contributed by atoms with Gasteiger partial charge in [0.25, 0.3) is 0 Å². The van der Waals surface area contributed by atoms with Crippen LogP contribution in [0.3, 0.4) is 0 Å². The van der Waals surface area contributed by atoms with Crippen LogP contribution in [0.5, 0.6) is 0 Å². The van der Waals surface area contributed by atoms with E-state index in [1.54, 1.807) is 28.2 Å². The van der Waals surface area contributed by atoms with Gasteiger partial charge in [-0.05, 0) is 0 Å². The number of hydrogen-bond donors (Lipinski definition) is 0. The monoisotopic (exact) mass is 224 g/mol. The average Bonchev–Trinajstić information content (AvgIpc) is 1.87. The first-order valence-electron chi connectivity index (χ1n) is 3.05. The van der Waals surface area contributed by atoms with Gasteiger partial charge < -0.3 is 0 Å². The molecule has 5 heteroatoms. The standard InChI is InChI=1S/C6H12N2O2Se/c1-7(2)5(9)11-6(10)8(3)4/h1-4H3. The number of carbonyl (C=O) groups is 2. The Morgan fingerprint density at radius 2 is 1.18 bits per heavy atom. The van der Waals surface area contributed by atoms with E-state index in [0.29, 0.717) is 0 Å². The fourth-order valence-corrected chi connectivity index (χ4v) is 1.34. The fourth-order valence-electron chi connectivity index (χ4n) is 0.257. The van der Waals surface area contributed by atoms with Gasteiger partial charge in [0.15, 0.2) is 0 Å². The van der Waals surface area contributed by atoms with Crippen molar-refractivity contribution < 1.29 is 9.59 Å². The molecule has 0 rings (SSSR count). The van der Waals surface area contributed by atoms with Crippen molar-refractivity contribution in [2.75, 3.05) is 28.2 Å². The first-order chi connectivity index (χ1) is 4.95. The van der Waals surface area contributed by atoms with Gasteiger partial charge in [0.1, 0.15) is 0 Å². The third kappa shape index (κ3) is 4.01. The van der Waals surface area contributed by atoms with E-state index < -0.39 is 15.0 Å². The molecule has 0 fully saturated rings. The summed E-state index contributed by atoms with van der Waals surface area (Å²) >= 11 is -0.590. The molecule has 0 saturated heterocycles. The molecule has 0 aromatic rings. The number of amides is 2. The number of hydrogen-bond acceptors (Lipinski definition) is 2. The fraction of sp³-hybridized carbons (Fsp3) is 0.667. The Balaban J connectivity index is 3.86. The van der Waals surface area contributed by atoms with E-state index in [1.165, 1.54) is 9.80 Å². The molecular weight excluding hydrogens is 211 g/mol. The molecule has 4 nitrogen and oxygen atoms in total. The Labute approximate surface area is 72.7 Å². The van der Waals surface area contributed by atoms with Crippen LogP contribution in [0.2, 0.25) is 0 Å². The molecule has 0 aliphatic rings. The van der Waals surface area contributed by atoms with Crippen LogP contribution in [0.1, 0.15) is 0 Å². The molecule has 11 heavy (non-hydrogen) atoms. The van der Waals surface area contributed by atoms with Crippen LogP contribution in [0.25, 0.3) is 0 Å². The maximum absolute atomic E-state index is 11.0. The molecule has 64 valence electrons. The zero-order valence-corrected chi connectivity index (χ0v) is 8.83. The van der Waals surface area contributed by atoms with E-state index in [2.05, 4.69) is 0 Å². The van der Waals surface area contributed by atoms with Crippen molar-refractivity contribution in [1.29, 1.82) is 0 Å². The summed E-state index contributed by atoms with van der Waals surface area (Å²) in [4.78, 5) is 24.6. The maximum atomic E-state index is 11.0. The normalized spacial score (nSPS) is 9.09. The minimum atomic E-state index is -0.590. The third-order valence-electron chi connectivity index (χ3n) is 0.905. The summed E-state index contributed by atoms with van der Waals surface area (Å²) in [7, 11) is 6.58. The van der Waals surface area contributed by atoms with E-state index in [1.807, 2.05) is 0 Å². The van der Waals surface area contributed by atoms with Crippen LogP contribution < -0.4 is 0 Å². The Morgan fingerprint density at radius 3 is 1.36 bits per heavy atom. The summed E-state index contributed by atoms with van der Waals surface area (Å²) in [6.45, 7) is 0. The Bertz CT molecular complexity index is 150. The molecule has 0 saturated carbocycles. The number of rotatable bonds is 2. The zero-order chi connectivity index (χ0) is 9.02. The van der Waals surface area contributed by atoms with E-state index >= 15 is 0 Å². The van der Waals surface area contributed by atoms with Gasteiger partial charge >= 0.3 is 72.1 Å². The molecule has 0 N–H and O–H groups in total. The second-order valence-electron chi connectivity index (χ2n) is 2.42. The summed E-state index contributed by atoms with van der Waals surface area (Å²) in [6, 6.07) is 0. The summed E-state index contributed by atoms with van der Waals surface area (Å²) in [5.41, 5.74) is 0. The first kappa shape index (κ1) is 10.5. The molecule has 0 unspecified atom stereocenters. The molecule has 2 amide bonds. The van der Waals surface area contributed by atoms with E-state index in [4.69, 9.17) is 0 Å². The van der Waals surface area contributed by atoms with Crippen LogP contribution in [-0.4, -0.2) is 62.6 Å². The van der Waals surface area contributed by atoms with Gasteiger partial charge in [-0.25, -0.2) is 0 Å². The molecule has 0 aromatic carbocycles. The Kier molecular flexibility index (Phi) is 4.15. The molecule has 0 heterocycles. The quantitative estimate of drug-likeness (QED) is 0.621. The van der Waals surface area contributed by atoms with Gasteiger partial charge in [-0.2, -0.15) is 0 Å². The van der Waals surface area contributed by atoms with Crippen molar-refractivity contribution >= 4 is 24.6 Å².